The Morgan fingerprint density at radius 3 is 1.57 bits per heavy atom. The number of ether oxygens (including phenoxy) is 4. The van der Waals surface area contributed by atoms with Crippen molar-refractivity contribution < 1.29 is 23.7 Å². The smallest absolute Gasteiger partial charge is 0.185 e. The maximum absolute atomic E-state index is 13.8. The summed E-state index contributed by atoms with van der Waals surface area (Å²) in [5, 5.41) is 10.5. The Kier molecular flexibility index (Phi) is 7.64. The molecule has 0 saturated heterocycles. The predicted molar refractivity (Wildman–Crippen MR) is 143 cm³/mol. The van der Waals surface area contributed by atoms with E-state index in [1.54, 1.807) is 40.6 Å². The van der Waals surface area contributed by atoms with E-state index in [4.69, 9.17) is 18.9 Å². The summed E-state index contributed by atoms with van der Waals surface area (Å²) in [6.07, 6.45) is 4.26. The number of nitriles is 1. The van der Waals surface area contributed by atoms with Crippen molar-refractivity contribution in [2.24, 2.45) is 0 Å². The van der Waals surface area contributed by atoms with Crippen LogP contribution in [0.3, 0.4) is 0 Å². The fourth-order valence-electron chi connectivity index (χ4n) is 4.71. The van der Waals surface area contributed by atoms with E-state index < -0.39 is 5.41 Å². The number of ketones is 1. The second kappa shape index (κ2) is 11.0. The summed E-state index contributed by atoms with van der Waals surface area (Å²) < 4.78 is 21.6. The minimum Gasteiger partial charge on any atom is -0.493 e. The Hall–Kier alpha value is -4.50. The van der Waals surface area contributed by atoms with Gasteiger partial charge in [-0.3, -0.25) is 4.79 Å². The van der Waals surface area contributed by atoms with Crippen molar-refractivity contribution >= 4 is 17.9 Å². The summed E-state index contributed by atoms with van der Waals surface area (Å²) in [6.45, 7) is 0. The van der Waals surface area contributed by atoms with Crippen molar-refractivity contribution in [2.75, 3.05) is 28.4 Å². The summed E-state index contributed by atoms with van der Waals surface area (Å²) >= 11 is 0. The number of methoxy groups -OCH3 is 4. The molecular formula is C31H29NO5. The number of hydrogen-bond acceptors (Lipinski definition) is 6. The van der Waals surface area contributed by atoms with Crippen LogP contribution in [0.1, 0.15) is 29.5 Å². The first kappa shape index (κ1) is 25.6. The number of Topliss-reactive ketones (excluding diaryl/α,β-unsaturated/α-hetero) is 1. The number of benzene rings is 3. The Bertz CT molecular complexity index is 1320. The van der Waals surface area contributed by atoms with Crippen molar-refractivity contribution in [1.29, 1.82) is 5.26 Å². The zero-order chi connectivity index (χ0) is 26.4. The number of hydrogen-bond donors (Lipinski definition) is 0. The van der Waals surface area contributed by atoms with E-state index in [1.165, 1.54) is 0 Å². The average Bonchev–Trinajstić information content (AvgIpc) is 2.95. The molecular weight excluding hydrogens is 466 g/mol. The highest BCUT2D eigenvalue weighted by atomic mass is 16.5. The van der Waals surface area contributed by atoms with Gasteiger partial charge in [0, 0.05) is 11.1 Å². The molecule has 1 aliphatic carbocycles. The van der Waals surface area contributed by atoms with Crippen LogP contribution in [0.15, 0.2) is 77.9 Å². The molecule has 4 rings (SSSR count). The summed E-state index contributed by atoms with van der Waals surface area (Å²) in [5.41, 5.74) is 2.66. The number of carbonyl (C=O) groups is 1. The fourth-order valence-corrected chi connectivity index (χ4v) is 4.71. The van der Waals surface area contributed by atoms with Gasteiger partial charge in [-0.25, -0.2) is 0 Å². The first-order valence-electron chi connectivity index (χ1n) is 11.8. The van der Waals surface area contributed by atoms with Crippen molar-refractivity contribution in [3.8, 4) is 29.1 Å². The van der Waals surface area contributed by atoms with Crippen molar-refractivity contribution in [2.45, 2.75) is 18.3 Å². The third-order valence-corrected chi connectivity index (χ3v) is 6.61. The molecule has 188 valence electrons. The maximum Gasteiger partial charge on any atom is 0.185 e. The molecule has 0 aromatic heterocycles. The quantitative estimate of drug-likeness (QED) is 0.374. The highest BCUT2D eigenvalue weighted by Crippen LogP contribution is 2.44. The molecule has 0 unspecified atom stereocenters. The average molecular weight is 496 g/mol. The van der Waals surface area contributed by atoms with E-state index in [1.807, 2.05) is 66.7 Å². The second-order valence-electron chi connectivity index (χ2n) is 8.81. The lowest BCUT2D eigenvalue weighted by Gasteiger charge is -2.33. The predicted octanol–water partition coefficient (Wildman–Crippen LogP) is 6.01. The molecule has 3 aromatic rings. The van der Waals surface area contributed by atoms with Crippen LogP contribution in [-0.2, 0) is 10.2 Å². The van der Waals surface area contributed by atoms with E-state index in [0.29, 0.717) is 47.0 Å². The monoisotopic (exact) mass is 495 g/mol. The molecule has 37 heavy (non-hydrogen) atoms. The van der Waals surface area contributed by atoms with E-state index in [-0.39, 0.29) is 5.78 Å². The van der Waals surface area contributed by atoms with Crippen LogP contribution in [0.2, 0.25) is 0 Å². The van der Waals surface area contributed by atoms with Gasteiger partial charge in [0.25, 0.3) is 0 Å². The molecule has 0 heterocycles. The Labute approximate surface area is 217 Å². The molecule has 0 aliphatic heterocycles. The summed E-state index contributed by atoms with van der Waals surface area (Å²) in [5.74, 6) is 2.24. The van der Waals surface area contributed by atoms with Crippen LogP contribution in [0.25, 0.3) is 12.2 Å². The van der Waals surface area contributed by atoms with E-state index >= 15 is 0 Å². The van der Waals surface area contributed by atoms with Crippen molar-refractivity contribution in [3.63, 3.8) is 0 Å². The van der Waals surface area contributed by atoms with Gasteiger partial charge in [-0.15, -0.1) is 0 Å². The molecule has 0 atom stereocenters. The van der Waals surface area contributed by atoms with E-state index in [0.717, 1.165) is 16.7 Å². The molecule has 0 radical (unpaired) electrons. The third kappa shape index (κ3) is 5.22. The van der Waals surface area contributed by atoms with Gasteiger partial charge in [-0.1, -0.05) is 42.5 Å². The van der Waals surface area contributed by atoms with Crippen LogP contribution >= 0.6 is 0 Å². The van der Waals surface area contributed by atoms with Crippen LogP contribution < -0.4 is 18.9 Å². The molecule has 0 spiro atoms. The second-order valence-corrected chi connectivity index (χ2v) is 8.81. The largest absolute Gasteiger partial charge is 0.493 e. The van der Waals surface area contributed by atoms with Gasteiger partial charge >= 0.3 is 0 Å². The first-order chi connectivity index (χ1) is 18.0. The topological polar surface area (TPSA) is 77.8 Å². The minimum atomic E-state index is -0.889. The van der Waals surface area contributed by atoms with Crippen molar-refractivity contribution in [1.82, 2.24) is 0 Å². The number of allylic oxidation sites excluding steroid dienone is 2. The van der Waals surface area contributed by atoms with Crippen molar-refractivity contribution in [3.05, 3.63) is 94.6 Å². The van der Waals surface area contributed by atoms with Gasteiger partial charge in [0.2, 0.25) is 0 Å². The van der Waals surface area contributed by atoms with Gasteiger partial charge in [0.1, 0.15) is 0 Å². The lowest BCUT2D eigenvalue weighted by Crippen LogP contribution is -2.33. The van der Waals surface area contributed by atoms with Crippen LogP contribution in [0.5, 0.6) is 23.0 Å². The van der Waals surface area contributed by atoms with Crippen LogP contribution in [0.4, 0.5) is 0 Å². The van der Waals surface area contributed by atoms with Crippen LogP contribution in [0, 0.1) is 11.3 Å². The lowest BCUT2D eigenvalue weighted by molar-refractivity contribution is -0.113. The number of rotatable bonds is 7. The molecule has 0 amide bonds. The molecule has 0 bridgehead atoms. The molecule has 6 heteroatoms. The lowest BCUT2D eigenvalue weighted by atomic mass is 9.66. The SMILES string of the molecule is COc1ccc(/C=C2\CC(C#N)(c3ccccc3)C/C(=C\c3ccc(OC)c(OC)c3)C2=O)cc1OC. The molecule has 3 aromatic carbocycles. The number of carbonyl (C=O) groups excluding carboxylic acids is 1. The van der Waals surface area contributed by atoms with E-state index in [9.17, 15) is 10.1 Å². The Balaban J connectivity index is 1.85. The summed E-state index contributed by atoms with van der Waals surface area (Å²) in [7, 11) is 6.29. The molecule has 1 saturated carbocycles. The Morgan fingerprint density at radius 1 is 0.703 bits per heavy atom. The van der Waals surface area contributed by atoms with Crippen LogP contribution in [-0.4, -0.2) is 34.2 Å². The van der Waals surface area contributed by atoms with Gasteiger partial charge in [0.15, 0.2) is 28.8 Å². The fraction of sp³-hybridized carbons (Fsp3) is 0.226. The van der Waals surface area contributed by atoms with Gasteiger partial charge in [-0.2, -0.15) is 5.26 Å². The van der Waals surface area contributed by atoms with Gasteiger partial charge < -0.3 is 18.9 Å². The normalized spacial score (nSPS) is 19.4. The zero-order valence-corrected chi connectivity index (χ0v) is 21.4. The molecule has 1 fully saturated rings. The first-order valence-corrected chi connectivity index (χ1v) is 11.8. The molecule has 1 aliphatic rings. The van der Waals surface area contributed by atoms with Gasteiger partial charge in [-0.05, 0) is 65.9 Å². The molecule has 0 N–H and O–H groups in total. The van der Waals surface area contributed by atoms with E-state index in [2.05, 4.69) is 6.07 Å². The number of nitrogens with zero attached hydrogens (tertiary/aromatic N) is 1. The third-order valence-electron chi connectivity index (χ3n) is 6.61. The maximum atomic E-state index is 13.8. The zero-order valence-electron chi connectivity index (χ0n) is 21.4. The highest BCUT2D eigenvalue weighted by Gasteiger charge is 2.41. The summed E-state index contributed by atoms with van der Waals surface area (Å²) in [6, 6.07) is 23.2. The highest BCUT2D eigenvalue weighted by molar-refractivity contribution is 6.14. The Morgan fingerprint density at radius 2 is 1.16 bits per heavy atom. The minimum absolute atomic E-state index is 0.0913. The van der Waals surface area contributed by atoms with Gasteiger partial charge in [0.05, 0.1) is 39.9 Å². The molecule has 6 nitrogen and oxygen atoms in total. The summed E-state index contributed by atoms with van der Waals surface area (Å²) in [4.78, 5) is 13.8. The standard InChI is InChI=1S/C31H29NO5/c1-34-26-12-10-21(16-28(26)36-3)14-23-18-31(20-32,25-8-6-5-7-9-25)19-24(30(23)33)15-22-11-13-27(35-2)29(17-22)37-4/h5-17H,18-19H2,1-4H3/b23-14+,24-15+.